The maximum absolute atomic E-state index is 10.8. The smallest absolute Gasteiger partial charge is 0.310 e. The second-order valence-electron chi connectivity index (χ2n) is 3.20. The van der Waals surface area contributed by atoms with Crippen LogP contribution < -0.4 is 0 Å². The molecule has 0 aliphatic heterocycles. The summed E-state index contributed by atoms with van der Waals surface area (Å²) < 4.78 is 0. The highest BCUT2D eigenvalue weighted by Gasteiger charge is 2.16. The Morgan fingerprint density at radius 2 is 1.93 bits per heavy atom. The van der Waals surface area contributed by atoms with Crippen LogP contribution in [-0.4, -0.2) is 16.2 Å². The van der Waals surface area contributed by atoms with Crippen molar-refractivity contribution in [2.75, 3.05) is 0 Å². The van der Waals surface area contributed by atoms with Gasteiger partial charge in [0.25, 0.3) is 0 Å². The molecule has 1 unspecified atom stereocenters. The molecule has 3 nitrogen and oxygen atoms in total. The van der Waals surface area contributed by atoms with Crippen LogP contribution in [0.1, 0.15) is 30.4 Å². The molecule has 1 rings (SSSR count). The van der Waals surface area contributed by atoms with Crippen molar-refractivity contribution in [1.82, 2.24) is 0 Å². The molecule has 0 bridgehead atoms. The minimum atomic E-state index is -0.802. The van der Waals surface area contributed by atoms with E-state index in [0.717, 1.165) is 11.1 Å². The summed E-state index contributed by atoms with van der Waals surface area (Å²) in [4.78, 5) is 10.8. The van der Waals surface area contributed by atoms with E-state index in [9.17, 15) is 4.79 Å². The molecule has 0 radical (unpaired) electrons. The van der Waals surface area contributed by atoms with Crippen molar-refractivity contribution in [3.05, 3.63) is 35.4 Å². The van der Waals surface area contributed by atoms with E-state index in [4.69, 9.17) is 10.2 Å². The Bertz CT molecular complexity index is 303. The van der Waals surface area contributed by atoms with Gasteiger partial charge in [-0.25, -0.2) is 0 Å². The zero-order valence-corrected chi connectivity index (χ0v) is 8.10. The molecular weight excluding hydrogens is 180 g/mol. The molecule has 0 heterocycles. The number of carboxylic acids is 1. The van der Waals surface area contributed by atoms with E-state index >= 15 is 0 Å². The van der Waals surface area contributed by atoms with Crippen molar-refractivity contribution in [3.63, 3.8) is 0 Å². The van der Waals surface area contributed by atoms with E-state index in [0.29, 0.717) is 6.42 Å². The number of carbonyl (C=O) groups is 1. The highest BCUT2D eigenvalue weighted by atomic mass is 16.4. The van der Waals surface area contributed by atoms with Crippen LogP contribution in [0, 0.1) is 0 Å². The van der Waals surface area contributed by atoms with Gasteiger partial charge in [0.05, 0.1) is 12.5 Å². The molecule has 0 fully saturated rings. The Morgan fingerprint density at radius 3 is 2.29 bits per heavy atom. The summed E-state index contributed by atoms with van der Waals surface area (Å²) in [5.74, 6) is -1.24. The van der Waals surface area contributed by atoms with E-state index in [2.05, 4.69) is 0 Å². The Morgan fingerprint density at radius 1 is 1.36 bits per heavy atom. The van der Waals surface area contributed by atoms with Gasteiger partial charge in [-0.15, -0.1) is 0 Å². The summed E-state index contributed by atoms with van der Waals surface area (Å²) in [5.41, 5.74) is 1.59. The molecule has 0 aromatic heterocycles. The van der Waals surface area contributed by atoms with Crippen LogP contribution in [-0.2, 0) is 11.4 Å². The minimum Gasteiger partial charge on any atom is -0.481 e. The fourth-order valence-corrected chi connectivity index (χ4v) is 1.41. The molecule has 14 heavy (non-hydrogen) atoms. The third-order valence-electron chi connectivity index (χ3n) is 2.27. The lowest BCUT2D eigenvalue weighted by Gasteiger charge is -2.10. The molecule has 0 amide bonds. The summed E-state index contributed by atoms with van der Waals surface area (Å²) in [5, 5.41) is 17.7. The van der Waals surface area contributed by atoms with Crippen LogP contribution in [0.5, 0.6) is 0 Å². The Labute approximate surface area is 83.0 Å². The standard InChI is InChI=1S/C11H14O3/c1-2-10(11(13)14)9-5-3-8(7-12)4-6-9/h3-6,10,12H,2,7H2,1H3,(H,13,14). The molecule has 76 valence electrons. The predicted molar refractivity (Wildman–Crippen MR) is 53.0 cm³/mol. The molecule has 0 saturated heterocycles. The summed E-state index contributed by atoms with van der Waals surface area (Å²) >= 11 is 0. The van der Waals surface area contributed by atoms with Crippen LogP contribution in [0.15, 0.2) is 24.3 Å². The zero-order valence-electron chi connectivity index (χ0n) is 8.10. The maximum atomic E-state index is 10.8. The highest BCUT2D eigenvalue weighted by Crippen LogP contribution is 2.20. The largest absolute Gasteiger partial charge is 0.481 e. The number of rotatable bonds is 4. The van der Waals surface area contributed by atoms with E-state index < -0.39 is 11.9 Å². The molecule has 1 atom stereocenters. The lowest BCUT2D eigenvalue weighted by atomic mass is 9.96. The first-order valence-electron chi connectivity index (χ1n) is 4.61. The second kappa shape index (κ2) is 4.77. The summed E-state index contributed by atoms with van der Waals surface area (Å²) in [6.45, 7) is 1.84. The van der Waals surface area contributed by atoms with Crippen molar-refractivity contribution < 1.29 is 15.0 Å². The van der Waals surface area contributed by atoms with E-state index in [-0.39, 0.29) is 6.61 Å². The number of benzene rings is 1. The van der Waals surface area contributed by atoms with E-state index in [1.165, 1.54) is 0 Å². The van der Waals surface area contributed by atoms with Gasteiger partial charge in [-0.3, -0.25) is 4.79 Å². The predicted octanol–water partition coefficient (Wildman–Crippen LogP) is 1.76. The summed E-state index contributed by atoms with van der Waals surface area (Å²) in [6, 6.07) is 7.02. The van der Waals surface area contributed by atoms with Gasteiger partial charge in [-0.2, -0.15) is 0 Å². The Balaban J connectivity index is 2.89. The molecular formula is C11H14O3. The van der Waals surface area contributed by atoms with Crippen LogP contribution in [0.3, 0.4) is 0 Å². The summed E-state index contributed by atoms with van der Waals surface area (Å²) in [6.07, 6.45) is 0.577. The van der Waals surface area contributed by atoms with Crippen molar-refractivity contribution in [3.8, 4) is 0 Å². The average Bonchev–Trinajstić information content (AvgIpc) is 2.19. The molecule has 1 aromatic rings. The highest BCUT2D eigenvalue weighted by molar-refractivity contribution is 5.75. The lowest BCUT2D eigenvalue weighted by Crippen LogP contribution is -2.10. The van der Waals surface area contributed by atoms with Gasteiger partial charge in [-0.05, 0) is 17.5 Å². The zero-order chi connectivity index (χ0) is 10.6. The summed E-state index contributed by atoms with van der Waals surface area (Å²) in [7, 11) is 0. The van der Waals surface area contributed by atoms with Crippen LogP contribution >= 0.6 is 0 Å². The average molecular weight is 194 g/mol. The maximum Gasteiger partial charge on any atom is 0.310 e. The molecule has 0 saturated carbocycles. The fraction of sp³-hybridized carbons (Fsp3) is 0.364. The van der Waals surface area contributed by atoms with Crippen molar-refractivity contribution in [2.45, 2.75) is 25.9 Å². The number of aliphatic hydroxyl groups is 1. The Hall–Kier alpha value is -1.35. The van der Waals surface area contributed by atoms with Crippen molar-refractivity contribution in [1.29, 1.82) is 0 Å². The van der Waals surface area contributed by atoms with Gasteiger partial charge in [-0.1, -0.05) is 31.2 Å². The molecule has 3 heteroatoms. The number of hydrogen-bond acceptors (Lipinski definition) is 2. The normalized spacial score (nSPS) is 12.4. The molecule has 0 aliphatic rings. The molecule has 0 spiro atoms. The van der Waals surface area contributed by atoms with Crippen LogP contribution in [0.2, 0.25) is 0 Å². The first kappa shape index (κ1) is 10.7. The first-order chi connectivity index (χ1) is 6.69. The number of carboxylic acid groups (broad SMARTS) is 1. The van der Waals surface area contributed by atoms with E-state index in [1.807, 2.05) is 6.92 Å². The lowest BCUT2D eigenvalue weighted by molar-refractivity contribution is -0.138. The molecule has 1 aromatic carbocycles. The van der Waals surface area contributed by atoms with Gasteiger partial charge in [0.1, 0.15) is 0 Å². The SMILES string of the molecule is CCC(C(=O)O)c1ccc(CO)cc1. The number of aliphatic hydroxyl groups excluding tert-OH is 1. The number of hydrogen-bond donors (Lipinski definition) is 2. The van der Waals surface area contributed by atoms with Gasteiger partial charge in [0, 0.05) is 0 Å². The van der Waals surface area contributed by atoms with Gasteiger partial charge in [0.15, 0.2) is 0 Å². The van der Waals surface area contributed by atoms with Gasteiger partial charge in [0.2, 0.25) is 0 Å². The van der Waals surface area contributed by atoms with Crippen molar-refractivity contribution in [2.24, 2.45) is 0 Å². The fourth-order valence-electron chi connectivity index (χ4n) is 1.41. The van der Waals surface area contributed by atoms with E-state index in [1.54, 1.807) is 24.3 Å². The Kier molecular flexibility index (Phi) is 3.65. The topological polar surface area (TPSA) is 57.5 Å². The van der Waals surface area contributed by atoms with Crippen molar-refractivity contribution >= 4 is 5.97 Å². The molecule has 0 aliphatic carbocycles. The monoisotopic (exact) mass is 194 g/mol. The van der Waals surface area contributed by atoms with Gasteiger partial charge >= 0.3 is 5.97 Å². The van der Waals surface area contributed by atoms with Crippen LogP contribution in [0.4, 0.5) is 0 Å². The second-order valence-corrected chi connectivity index (χ2v) is 3.20. The first-order valence-corrected chi connectivity index (χ1v) is 4.61. The minimum absolute atomic E-state index is 0.00978. The van der Waals surface area contributed by atoms with Gasteiger partial charge < -0.3 is 10.2 Å². The number of aliphatic carboxylic acids is 1. The third-order valence-corrected chi connectivity index (χ3v) is 2.27. The van der Waals surface area contributed by atoms with Crippen LogP contribution in [0.25, 0.3) is 0 Å². The third kappa shape index (κ3) is 2.33. The quantitative estimate of drug-likeness (QED) is 0.767. The molecule has 2 N–H and O–H groups in total.